The van der Waals surface area contributed by atoms with Crippen LogP contribution in [0.2, 0.25) is 0 Å². The predicted molar refractivity (Wildman–Crippen MR) is 77.2 cm³/mol. The lowest BCUT2D eigenvalue weighted by Crippen LogP contribution is -2.23. The smallest absolute Gasteiger partial charge is 0.146 e. The van der Waals surface area contributed by atoms with E-state index in [0.29, 0.717) is 23.2 Å². The van der Waals surface area contributed by atoms with E-state index in [2.05, 4.69) is 15.9 Å². The van der Waals surface area contributed by atoms with Crippen LogP contribution in [0.5, 0.6) is 0 Å². The summed E-state index contributed by atoms with van der Waals surface area (Å²) in [6.07, 6.45) is 0. The summed E-state index contributed by atoms with van der Waals surface area (Å²) in [5.74, 6) is -0.535. The molecule has 100 valence electrons. The lowest BCUT2D eigenvalue weighted by Gasteiger charge is -2.24. The van der Waals surface area contributed by atoms with Crippen LogP contribution >= 0.6 is 15.9 Å². The molecule has 0 radical (unpaired) electrons. The Balaban J connectivity index is 2.27. The SMILES string of the molecule is CCN(Cc1ccc(F)cc1Br)c1ccccc1F. The largest absolute Gasteiger partial charge is 0.365 e. The Kier molecular flexibility index (Phi) is 4.53. The molecule has 2 rings (SSSR count). The third-order valence-electron chi connectivity index (χ3n) is 2.95. The Hall–Kier alpha value is -1.42. The number of anilines is 1. The average Bonchev–Trinajstić information content (AvgIpc) is 2.39. The zero-order valence-corrected chi connectivity index (χ0v) is 12.1. The molecule has 0 fully saturated rings. The van der Waals surface area contributed by atoms with E-state index in [-0.39, 0.29) is 11.6 Å². The Labute approximate surface area is 120 Å². The maximum absolute atomic E-state index is 13.8. The van der Waals surface area contributed by atoms with Gasteiger partial charge in [-0.2, -0.15) is 0 Å². The van der Waals surface area contributed by atoms with E-state index >= 15 is 0 Å². The van der Waals surface area contributed by atoms with Gasteiger partial charge >= 0.3 is 0 Å². The summed E-state index contributed by atoms with van der Waals surface area (Å²) in [4.78, 5) is 1.91. The van der Waals surface area contributed by atoms with Gasteiger partial charge in [-0.25, -0.2) is 8.78 Å². The molecule has 0 aliphatic carbocycles. The van der Waals surface area contributed by atoms with Crippen molar-refractivity contribution in [3.05, 3.63) is 64.1 Å². The van der Waals surface area contributed by atoms with Crippen LogP contribution in [0.25, 0.3) is 0 Å². The lowest BCUT2D eigenvalue weighted by molar-refractivity contribution is 0.616. The molecule has 0 saturated carbocycles. The Morgan fingerprint density at radius 3 is 2.47 bits per heavy atom. The van der Waals surface area contributed by atoms with Gasteiger partial charge in [0.15, 0.2) is 0 Å². The molecule has 0 N–H and O–H groups in total. The van der Waals surface area contributed by atoms with Gasteiger partial charge in [0.25, 0.3) is 0 Å². The molecule has 0 atom stereocenters. The summed E-state index contributed by atoms with van der Waals surface area (Å²) >= 11 is 3.34. The predicted octanol–water partition coefficient (Wildman–Crippen LogP) is 4.75. The fraction of sp³-hybridized carbons (Fsp3) is 0.200. The maximum atomic E-state index is 13.8. The second-order valence-corrected chi connectivity index (χ2v) is 5.06. The maximum Gasteiger partial charge on any atom is 0.146 e. The Morgan fingerprint density at radius 1 is 1.11 bits per heavy atom. The van der Waals surface area contributed by atoms with Crippen LogP contribution < -0.4 is 4.90 Å². The Morgan fingerprint density at radius 2 is 1.84 bits per heavy atom. The molecular formula is C15H14BrF2N. The van der Waals surface area contributed by atoms with Gasteiger partial charge in [0.2, 0.25) is 0 Å². The molecule has 0 aliphatic rings. The molecule has 0 heterocycles. The lowest BCUT2D eigenvalue weighted by atomic mass is 10.2. The van der Waals surface area contributed by atoms with Crippen LogP contribution in [-0.2, 0) is 6.54 Å². The number of rotatable bonds is 4. The van der Waals surface area contributed by atoms with Crippen molar-refractivity contribution in [2.75, 3.05) is 11.4 Å². The molecule has 2 aromatic carbocycles. The van der Waals surface area contributed by atoms with Crippen molar-refractivity contribution in [2.24, 2.45) is 0 Å². The molecule has 0 bridgehead atoms. The minimum Gasteiger partial charge on any atom is -0.365 e. The fourth-order valence-corrected chi connectivity index (χ4v) is 2.41. The number of nitrogens with zero attached hydrogens (tertiary/aromatic N) is 1. The first-order valence-electron chi connectivity index (χ1n) is 6.05. The highest BCUT2D eigenvalue weighted by Gasteiger charge is 2.11. The second kappa shape index (κ2) is 6.15. The van der Waals surface area contributed by atoms with Crippen LogP contribution in [0.3, 0.4) is 0 Å². The van der Waals surface area contributed by atoms with Gasteiger partial charge in [-0.3, -0.25) is 0 Å². The molecule has 0 saturated heterocycles. The van der Waals surface area contributed by atoms with Gasteiger partial charge < -0.3 is 4.90 Å². The van der Waals surface area contributed by atoms with Crippen molar-refractivity contribution >= 4 is 21.6 Å². The molecule has 4 heteroatoms. The van der Waals surface area contributed by atoms with Crippen molar-refractivity contribution in [3.63, 3.8) is 0 Å². The van der Waals surface area contributed by atoms with Crippen LogP contribution in [0.1, 0.15) is 12.5 Å². The molecular weight excluding hydrogens is 312 g/mol. The van der Waals surface area contributed by atoms with Crippen LogP contribution in [0.4, 0.5) is 14.5 Å². The van der Waals surface area contributed by atoms with E-state index < -0.39 is 0 Å². The highest BCUT2D eigenvalue weighted by atomic mass is 79.9. The van der Waals surface area contributed by atoms with E-state index in [1.807, 2.05) is 11.8 Å². The topological polar surface area (TPSA) is 3.24 Å². The minimum absolute atomic E-state index is 0.248. The number of halogens is 3. The highest BCUT2D eigenvalue weighted by molar-refractivity contribution is 9.10. The number of hydrogen-bond acceptors (Lipinski definition) is 1. The monoisotopic (exact) mass is 325 g/mol. The molecule has 0 amide bonds. The fourth-order valence-electron chi connectivity index (χ4n) is 1.93. The summed E-state index contributed by atoms with van der Waals surface area (Å²) in [6, 6.07) is 11.2. The van der Waals surface area contributed by atoms with E-state index in [0.717, 1.165) is 5.56 Å². The quantitative estimate of drug-likeness (QED) is 0.783. The zero-order chi connectivity index (χ0) is 13.8. The van der Waals surface area contributed by atoms with E-state index in [1.54, 1.807) is 24.3 Å². The molecule has 1 nitrogen and oxygen atoms in total. The minimum atomic E-state index is -0.287. The van der Waals surface area contributed by atoms with Crippen molar-refractivity contribution in [1.29, 1.82) is 0 Å². The molecule has 0 aromatic heterocycles. The van der Waals surface area contributed by atoms with Gasteiger partial charge in [0.05, 0.1) is 5.69 Å². The highest BCUT2D eigenvalue weighted by Crippen LogP contribution is 2.24. The average molecular weight is 326 g/mol. The van der Waals surface area contributed by atoms with Gasteiger partial charge in [-0.05, 0) is 36.8 Å². The standard InChI is InChI=1S/C15H14BrF2N/c1-2-19(15-6-4-3-5-14(15)18)10-11-7-8-12(17)9-13(11)16/h3-9H,2,10H2,1H3. The summed E-state index contributed by atoms with van der Waals surface area (Å²) < 4.78 is 27.5. The summed E-state index contributed by atoms with van der Waals surface area (Å²) in [5.41, 5.74) is 1.48. The normalized spacial score (nSPS) is 10.5. The number of para-hydroxylation sites is 1. The van der Waals surface area contributed by atoms with Crippen molar-refractivity contribution in [1.82, 2.24) is 0 Å². The first-order valence-corrected chi connectivity index (χ1v) is 6.84. The Bertz CT molecular complexity index is 572. The van der Waals surface area contributed by atoms with Crippen LogP contribution in [0.15, 0.2) is 46.9 Å². The molecule has 19 heavy (non-hydrogen) atoms. The van der Waals surface area contributed by atoms with Crippen molar-refractivity contribution in [2.45, 2.75) is 13.5 Å². The van der Waals surface area contributed by atoms with Gasteiger partial charge in [0.1, 0.15) is 11.6 Å². The van der Waals surface area contributed by atoms with Gasteiger partial charge in [-0.1, -0.05) is 34.1 Å². The van der Waals surface area contributed by atoms with E-state index in [4.69, 9.17) is 0 Å². The summed E-state index contributed by atoms with van der Waals surface area (Å²) in [7, 11) is 0. The molecule has 0 aliphatic heterocycles. The number of benzene rings is 2. The van der Waals surface area contributed by atoms with Crippen LogP contribution in [0, 0.1) is 11.6 Å². The van der Waals surface area contributed by atoms with E-state index in [1.165, 1.54) is 18.2 Å². The molecule has 0 spiro atoms. The van der Waals surface area contributed by atoms with Gasteiger partial charge in [-0.15, -0.1) is 0 Å². The van der Waals surface area contributed by atoms with Crippen LogP contribution in [-0.4, -0.2) is 6.54 Å². The summed E-state index contributed by atoms with van der Waals surface area (Å²) in [5, 5.41) is 0. The first-order chi connectivity index (χ1) is 9.11. The first kappa shape index (κ1) is 14.0. The molecule has 0 unspecified atom stereocenters. The van der Waals surface area contributed by atoms with Crippen molar-refractivity contribution in [3.8, 4) is 0 Å². The second-order valence-electron chi connectivity index (χ2n) is 4.20. The zero-order valence-electron chi connectivity index (χ0n) is 10.5. The molecule has 2 aromatic rings. The third kappa shape index (κ3) is 3.32. The third-order valence-corrected chi connectivity index (χ3v) is 3.69. The van der Waals surface area contributed by atoms with E-state index in [9.17, 15) is 8.78 Å². The van der Waals surface area contributed by atoms with Crippen molar-refractivity contribution < 1.29 is 8.78 Å². The number of hydrogen-bond donors (Lipinski definition) is 0. The van der Waals surface area contributed by atoms with Gasteiger partial charge in [0, 0.05) is 17.6 Å². The summed E-state index contributed by atoms with van der Waals surface area (Å²) in [6.45, 7) is 3.16.